The molecule has 3 aliphatic rings. The Kier molecular flexibility index (Phi) is 2.67. The number of para-hydroxylation sites is 1. The van der Waals surface area contributed by atoms with Crippen molar-refractivity contribution in [1.29, 1.82) is 0 Å². The molecule has 0 radical (unpaired) electrons. The van der Waals surface area contributed by atoms with Gasteiger partial charge in [0.15, 0.2) is 0 Å². The van der Waals surface area contributed by atoms with Crippen molar-refractivity contribution < 1.29 is 9.90 Å². The molecule has 23 heavy (non-hydrogen) atoms. The molecule has 3 aliphatic heterocycles. The fourth-order valence-electron chi connectivity index (χ4n) is 5.52. The molecule has 0 amide bonds. The summed E-state index contributed by atoms with van der Waals surface area (Å²) in [5.74, 6) is 0.246. The first kappa shape index (κ1) is 13.8. The Morgan fingerprint density at radius 2 is 2.13 bits per heavy atom. The number of aliphatic hydroxyl groups excluding tert-OH is 1. The Morgan fingerprint density at radius 1 is 1.30 bits per heavy atom. The highest BCUT2D eigenvalue weighted by Crippen LogP contribution is 2.58. The molecule has 0 aliphatic carbocycles. The quantitative estimate of drug-likeness (QED) is 0.881. The molecule has 2 aromatic rings. The van der Waals surface area contributed by atoms with E-state index in [0.29, 0.717) is 6.42 Å². The summed E-state index contributed by atoms with van der Waals surface area (Å²) in [6.45, 7) is 3.82. The molecule has 0 unspecified atom stereocenters. The zero-order valence-corrected chi connectivity index (χ0v) is 13.5. The zero-order chi connectivity index (χ0) is 15.8. The number of benzene rings is 1. The summed E-state index contributed by atoms with van der Waals surface area (Å²) in [5, 5.41) is 12.2. The lowest BCUT2D eigenvalue weighted by atomic mass is 9.63. The smallest absolute Gasteiger partial charge is 0.138 e. The van der Waals surface area contributed by atoms with E-state index in [2.05, 4.69) is 27.7 Å². The van der Waals surface area contributed by atoms with Crippen molar-refractivity contribution in [3.05, 3.63) is 35.5 Å². The monoisotopic (exact) mass is 310 g/mol. The van der Waals surface area contributed by atoms with Gasteiger partial charge in [0.25, 0.3) is 0 Å². The molecule has 4 nitrogen and oxygen atoms in total. The molecule has 120 valence electrons. The molecule has 0 bridgehead atoms. The van der Waals surface area contributed by atoms with Crippen LogP contribution >= 0.6 is 0 Å². The number of ketones is 1. The maximum absolute atomic E-state index is 12.7. The van der Waals surface area contributed by atoms with E-state index < -0.39 is 11.6 Å². The van der Waals surface area contributed by atoms with Gasteiger partial charge in [-0.1, -0.05) is 18.2 Å². The minimum absolute atomic E-state index is 0.147. The van der Waals surface area contributed by atoms with Crippen LogP contribution in [0.3, 0.4) is 0 Å². The van der Waals surface area contributed by atoms with E-state index in [4.69, 9.17) is 0 Å². The summed E-state index contributed by atoms with van der Waals surface area (Å²) in [6, 6.07) is 8.52. The highest BCUT2D eigenvalue weighted by atomic mass is 16.3. The van der Waals surface area contributed by atoms with Gasteiger partial charge < -0.3 is 9.67 Å². The third-order valence-electron chi connectivity index (χ3n) is 6.47. The second-order valence-electron chi connectivity index (χ2n) is 7.44. The van der Waals surface area contributed by atoms with Crippen LogP contribution in [0.25, 0.3) is 10.9 Å². The van der Waals surface area contributed by atoms with Crippen LogP contribution < -0.4 is 0 Å². The highest BCUT2D eigenvalue weighted by Gasteiger charge is 2.56. The van der Waals surface area contributed by atoms with Crippen LogP contribution in [0, 0.1) is 5.41 Å². The van der Waals surface area contributed by atoms with Crippen molar-refractivity contribution in [1.82, 2.24) is 9.47 Å². The molecule has 1 saturated heterocycles. The minimum atomic E-state index is -0.596. The summed E-state index contributed by atoms with van der Waals surface area (Å²) in [5.41, 5.74) is 3.28. The third kappa shape index (κ3) is 1.56. The first-order chi connectivity index (χ1) is 11.1. The van der Waals surface area contributed by atoms with E-state index in [1.807, 2.05) is 6.07 Å². The van der Waals surface area contributed by atoms with Crippen molar-refractivity contribution in [2.75, 3.05) is 13.1 Å². The average Bonchev–Trinajstić information content (AvgIpc) is 2.89. The molecule has 1 aromatic heterocycles. The lowest BCUT2D eigenvalue weighted by molar-refractivity contribution is -0.145. The van der Waals surface area contributed by atoms with Crippen LogP contribution in [0.4, 0.5) is 0 Å². The fourth-order valence-corrected chi connectivity index (χ4v) is 5.52. The summed E-state index contributed by atoms with van der Waals surface area (Å²) < 4.78 is 2.12. The number of carbonyl (C=O) groups excluding carboxylic acids is 1. The molecule has 0 saturated carbocycles. The highest BCUT2D eigenvalue weighted by molar-refractivity contribution is 5.89. The normalized spacial score (nSPS) is 32.8. The molecular formula is C19H22N2O2. The number of hydrogen-bond acceptors (Lipinski definition) is 3. The molecule has 1 N–H and O–H groups in total. The second-order valence-corrected chi connectivity index (χ2v) is 7.44. The predicted octanol–water partition coefficient (Wildman–Crippen LogP) is 2.80. The van der Waals surface area contributed by atoms with Gasteiger partial charge in [-0.2, -0.15) is 0 Å². The number of carbonyl (C=O) groups is 1. The molecule has 0 spiro atoms. The van der Waals surface area contributed by atoms with Crippen molar-refractivity contribution in [2.45, 2.75) is 44.9 Å². The number of aliphatic hydroxyl groups is 1. The van der Waals surface area contributed by atoms with E-state index >= 15 is 0 Å². The summed E-state index contributed by atoms with van der Waals surface area (Å²) in [7, 11) is 0. The van der Waals surface area contributed by atoms with Crippen LogP contribution in [0.15, 0.2) is 24.3 Å². The van der Waals surface area contributed by atoms with Crippen LogP contribution in [0.1, 0.15) is 49.7 Å². The molecular weight excluding hydrogens is 288 g/mol. The summed E-state index contributed by atoms with van der Waals surface area (Å²) in [4.78, 5) is 15.2. The number of rotatable bonds is 1. The van der Waals surface area contributed by atoms with Gasteiger partial charge in [-0.3, -0.25) is 9.69 Å². The SMILES string of the molecule is CC(=O)[C@]12CCCN3CCc4c(n(c5ccccc45)[C@H](O)C1)[C@@H]32. The Balaban J connectivity index is 1.87. The zero-order valence-electron chi connectivity index (χ0n) is 13.5. The maximum atomic E-state index is 12.7. The van der Waals surface area contributed by atoms with E-state index in [0.717, 1.165) is 37.9 Å². The molecule has 4 heteroatoms. The molecule has 5 rings (SSSR count). The standard InChI is InChI=1S/C19H22N2O2/c1-12(22)19-8-4-9-20-10-7-14-13-5-2-3-6-15(13)21(16(23)11-19)17(14)18(19)20/h2-3,5-6,16,18,23H,4,7-11H2,1H3/t16-,18-,19+/m1/s1. The second kappa shape index (κ2) is 4.46. The number of fused-ring (bicyclic) bond motifs is 3. The molecule has 1 fully saturated rings. The van der Waals surface area contributed by atoms with Crippen LogP contribution in [0.2, 0.25) is 0 Å². The van der Waals surface area contributed by atoms with Gasteiger partial charge in [0.05, 0.1) is 17.0 Å². The largest absolute Gasteiger partial charge is 0.373 e. The van der Waals surface area contributed by atoms with E-state index in [9.17, 15) is 9.90 Å². The van der Waals surface area contributed by atoms with Crippen molar-refractivity contribution in [3.63, 3.8) is 0 Å². The van der Waals surface area contributed by atoms with Crippen molar-refractivity contribution >= 4 is 16.7 Å². The van der Waals surface area contributed by atoms with E-state index in [-0.39, 0.29) is 11.8 Å². The number of Topliss-reactive ketones (excluding diaryl/α,β-unsaturated/α-hetero) is 1. The van der Waals surface area contributed by atoms with Crippen molar-refractivity contribution in [2.24, 2.45) is 5.41 Å². The van der Waals surface area contributed by atoms with Gasteiger partial charge in [-0.05, 0) is 44.4 Å². The van der Waals surface area contributed by atoms with Gasteiger partial charge in [0, 0.05) is 24.0 Å². The first-order valence-corrected chi connectivity index (χ1v) is 8.68. The van der Waals surface area contributed by atoms with Crippen LogP contribution in [-0.4, -0.2) is 33.4 Å². The number of piperidine rings is 1. The van der Waals surface area contributed by atoms with Gasteiger partial charge in [0.1, 0.15) is 12.0 Å². The number of aromatic nitrogens is 1. The van der Waals surface area contributed by atoms with E-state index in [1.165, 1.54) is 16.6 Å². The molecule has 4 heterocycles. The summed E-state index contributed by atoms with van der Waals surface area (Å²) >= 11 is 0. The predicted molar refractivity (Wildman–Crippen MR) is 88.2 cm³/mol. The maximum Gasteiger partial charge on any atom is 0.138 e. The van der Waals surface area contributed by atoms with Gasteiger partial charge in [0.2, 0.25) is 0 Å². The van der Waals surface area contributed by atoms with Gasteiger partial charge in [-0.25, -0.2) is 0 Å². The summed E-state index contributed by atoms with van der Waals surface area (Å²) in [6.07, 6.45) is 2.93. The van der Waals surface area contributed by atoms with Crippen molar-refractivity contribution in [3.8, 4) is 0 Å². The van der Waals surface area contributed by atoms with E-state index in [1.54, 1.807) is 6.92 Å². The van der Waals surface area contributed by atoms with Crippen LogP contribution in [-0.2, 0) is 11.2 Å². The molecule has 1 aromatic carbocycles. The Morgan fingerprint density at radius 3 is 2.96 bits per heavy atom. The average molecular weight is 310 g/mol. The Bertz CT molecular complexity index is 824. The number of nitrogens with zero attached hydrogens (tertiary/aromatic N) is 2. The Hall–Kier alpha value is -1.65. The minimum Gasteiger partial charge on any atom is -0.373 e. The molecule has 3 atom stereocenters. The Labute approximate surface area is 135 Å². The fraction of sp³-hybridized carbons (Fsp3) is 0.526. The lowest BCUT2D eigenvalue weighted by Crippen LogP contribution is -2.55. The van der Waals surface area contributed by atoms with Gasteiger partial charge in [-0.15, -0.1) is 0 Å². The lowest BCUT2D eigenvalue weighted by Gasteiger charge is -2.54. The topological polar surface area (TPSA) is 45.5 Å². The van der Waals surface area contributed by atoms with Gasteiger partial charge >= 0.3 is 0 Å². The number of hydrogen-bond donors (Lipinski definition) is 1. The first-order valence-electron chi connectivity index (χ1n) is 8.68. The third-order valence-corrected chi connectivity index (χ3v) is 6.47. The van der Waals surface area contributed by atoms with Crippen LogP contribution in [0.5, 0.6) is 0 Å².